The van der Waals surface area contributed by atoms with Crippen LogP contribution in [0.25, 0.3) is 28.2 Å². The Morgan fingerprint density at radius 1 is 0.870 bits per heavy atom. The van der Waals surface area contributed by atoms with Gasteiger partial charge in [-0.05, 0) is 61.7 Å². The van der Waals surface area contributed by atoms with Gasteiger partial charge in [0.1, 0.15) is 18.2 Å². The van der Waals surface area contributed by atoms with Gasteiger partial charge in [0.2, 0.25) is 5.89 Å². The molecule has 0 amide bonds. The van der Waals surface area contributed by atoms with Crippen molar-refractivity contribution >= 4 is 11.1 Å². The van der Waals surface area contributed by atoms with Gasteiger partial charge in [-0.3, -0.25) is 4.57 Å². The second-order valence-corrected chi connectivity index (χ2v) is 5.79. The summed E-state index contributed by atoms with van der Waals surface area (Å²) < 4.78 is 7.84. The number of hydrogen-bond acceptors (Lipinski definition) is 4. The molecular weight excluding hydrogens is 288 g/mol. The quantitative estimate of drug-likeness (QED) is 0.561. The first-order valence-corrected chi connectivity index (χ1v) is 7.45. The summed E-state index contributed by atoms with van der Waals surface area (Å²) in [5, 5.41) is 7.74. The third-order valence-electron chi connectivity index (χ3n) is 4.16. The normalized spacial score (nSPS) is 11.3. The maximum absolute atomic E-state index is 5.95. The number of aryl methyl sites for hydroxylation is 3. The van der Waals surface area contributed by atoms with Crippen LogP contribution in [0, 0.1) is 20.8 Å². The maximum Gasteiger partial charge on any atom is 0.227 e. The third-order valence-corrected chi connectivity index (χ3v) is 4.16. The molecule has 4 aromatic rings. The maximum atomic E-state index is 5.95. The average Bonchev–Trinajstić information content (AvgIpc) is 3.18. The summed E-state index contributed by atoms with van der Waals surface area (Å²) in [6.45, 7) is 6.21. The van der Waals surface area contributed by atoms with Gasteiger partial charge in [0.05, 0.1) is 5.69 Å². The van der Waals surface area contributed by atoms with Crippen LogP contribution in [0.1, 0.15) is 16.7 Å². The number of hydrogen-bond donors (Lipinski definition) is 0. The van der Waals surface area contributed by atoms with Crippen molar-refractivity contribution in [2.45, 2.75) is 20.8 Å². The van der Waals surface area contributed by atoms with E-state index >= 15 is 0 Å². The monoisotopic (exact) mass is 304 g/mol. The van der Waals surface area contributed by atoms with E-state index in [0.717, 1.165) is 27.9 Å². The first-order valence-electron chi connectivity index (χ1n) is 7.45. The SMILES string of the molecule is Cc1cc2nc(-c3ccc(C)c(-n4cnnc4)c3)oc2cc1C. The van der Waals surface area contributed by atoms with Gasteiger partial charge in [-0.15, -0.1) is 10.2 Å². The summed E-state index contributed by atoms with van der Waals surface area (Å²) in [7, 11) is 0. The van der Waals surface area contributed by atoms with Crippen molar-refractivity contribution in [1.82, 2.24) is 19.7 Å². The van der Waals surface area contributed by atoms with Gasteiger partial charge in [0, 0.05) is 5.56 Å². The number of oxazole rings is 1. The first kappa shape index (κ1) is 13.7. The Bertz CT molecular complexity index is 960. The molecule has 0 saturated carbocycles. The van der Waals surface area contributed by atoms with Crippen molar-refractivity contribution in [2.24, 2.45) is 0 Å². The Morgan fingerprint density at radius 2 is 1.61 bits per heavy atom. The Kier molecular flexibility index (Phi) is 3.01. The van der Waals surface area contributed by atoms with Gasteiger partial charge >= 0.3 is 0 Å². The van der Waals surface area contributed by atoms with E-state index in [2.05, 4.69) is 48.1 Å². The topological polar surface area (TPSA) is 56.7 Å². The van der Waals surface area contributed by atoms with Crippen LogP contribution in [-0.4, -0.2) is 19.7 Å². The van der Waals surface area contributed by atoms with E-state index in [-0.39, 0.29) is 0 Å². The molecule has 0 fully saturated rings. The lowest BCUT2D eigenvalue weighted by Crippen LogP contribution is -1.94. The molecule has 0 aliphatic heterocycles. The molecule has 0 radical (unpaired) electrons. The molecule has 5 heteroatoms. The van der Waals surface area contributed by atoms with Gasteiger partial charge in [0.25, 0.3) is 0 Å². The summed E-state index contributed by atoms with van der Waals surface area (Å²) in [5.74, 6) is 0.624. The first-order chi connectivity index (χ1) is 11.1. The van der Waals surface area contributed by atoms with Crippen molar-refractivity contribution < 1.29 is 4.42 Å². The second-order valence-electron chi connectivity index (χ2n) is 5.79. The van der Waals surface area contributed by atoms with Crippen LogP contribution in [0.2, 0.25) is 0 Å². The molecule has 0 aliphatic carbocycles. The van der Waals surface area contributed by atoms with Gasteiger partial charge in [0.15, 0.2) is 5.58 Å². The zero-order chi connectivity index (χ0) is 16.0. The molecule has 0 atom stereocenters. The Labute approximate surface area is 133 Å². The fraction of sp³-hybridized carbons (Fsp3) is 0.167. The fourth-order valence-corrected chi connectivity index (χ4v) is 2.65. The average molecular weight is 304 g/mol. The molecule has 0 saturated heterocycles. The summed E-state index contributed by atoms with van der Waals surface area (Å²) in [6, 6.07) is 10.2. The van der Waals surface area contributed by atoms with Crippen LogP contribution in [0.4, 0.5) is 0 Å². The van der Waals surface area contributed by atoms with Crippen molar-refractivity contribution in [2.75, 3.05) is 0 Å². The van der Waals surface area contributed by atoms with Crippen LogP contribution in [0.5, 0.6) is 0 Å². The van der Waals surface area contributed by atoms with Crippen LogP contribution in [-0.2, 0) is 0 Å². The van der Waals surface area contributed by atoms with Crippen LogP contribution in [0.3, 0.4) is 0 Å². The molecule has 4 rings (SSSR count). The van der Waals surface area contributed by atoms with E-state index in [1.807, 2.05) is 22.8 Å². The number of benzene rings is 2. The lowest BCUT2D eigenvalue weighted by Gasteiger charge is -2.07. The van der Waals surface area contributed by atoms with E-state index in [4.69, 9.17) is 4.42 Å². The number of aromatic nitrogens is 4. The minimum Gasteiger partial charge on any atom is -0.436 e. The molecule has 0 N–H and O–H groups in total. The highest BCUT2D eigenvalue weighted by atomic mass is 16.3. The number of fused-ring (bicyclic) bond motifs is 1. The van der Waals surface area contributed by atoms with Crippen LogP contribution in [0.15, 0.2) is 47.4 Å². The van der Waals surface area contributed by atoms with E-state index in [1.54, 1.807) is 12.7 Å². The van der Waals surface area contributed by atoms with Crippen molar-refractivity contribution in [3.8, 4) is 17.1 Å². The highest BCUT2D eigenvalue weighted by Crippen LogP contribution is 2.28. The Morgan fingerprint density at radius 3 is 2.39 bits per heavy atom. The predicted octanol–water partition coefficient (Wildman–Crippen LogP) is 4.00. The molecule has 23 heavy (non-hydrogen) atoms. The zero-order valence-corrected chi connectivity index (χ0v) is 13.2. The molecule has 2 heterocycles. The van der Waals surface area contributed by atoms with E-state index in [0.29, 0.717) is 5.89 Å². The molecule has 2 aromatic heterocycles. The van der Waals surface area contributed by atoms with Crippen LogP contribution < -0.4 is 0 Å². The molecule has 0 spiro atoms. The minimum absolute atomic E-state index is 0.624. The second kappa shape index (κ2) is 5.05. The van der Waals surface area contributed by atoms with Gasteiger partial charge < -0.3 is 4.42 Å². The molecule has 5 nitrogen and oxygen atoms in total. The smallest absolute Gasteiger partial charge is 0.227 e. The van der Waals surface area contributed by atoms with Gasteiger partial charge in [-0.2, -0.15) is 0 Å². The Hall–Kier alpha value is -2.95. The number of nitrogens with zero attached hydrogens (tertiary/aromatic N) is 4. The van der Waals surface area contributed by atoms with Crippen molar-refractivity contribution in [3.63, 3.8) is 0 Å². The highest BCUT2D eigenvalue weighted by molar-refractivity contribution is 5.78. The third kappa shape index (κ3) is 2.30. The molecular formula is C18H16N4O. The molecule has 114 valence electrons. The molecule has 0 bridgehead atoms. The molecule has 0 aliphatic rings. The molecule has 2 aromatic carbocycles. The summed E-state index contributed by atoms with van der Waals surface area (Å²) >= 11 is 0. The fourth-order valence-electron chi connectivity index (χ4n) is 2.65. The van der Waals surface area contributed by atoms with Crippen LogP contribution >= 0.6 is 0 Å². The lowest BCUT2D eigenvalue weighted by molar-refractivity contribution is 0.619. The predicted molar refractivity (Wildman–Crippen MR) is 88.6 cm³/mol. The van der Waals surface area contributed by atoms with E-state index < -0.39 is 0 Å². The largest absolute Gasteiger partial charge is 0.436 e. The van der Waals surface area contributed by atoms with Crippen molar-refractivity contribution in [1.29, 1.82) is 0 Å². The van der Waals surface area contributed by atoms with Gasteiger partial charge in [-0.25, -0.2) is 4.98 Å². The van der Waals surface area contributed by atoms with Gasteiger partial charge in [-0.1, -0.05) is 6.07 Å². The highest BCUT2D eigenvalue weighted by Gasteiger charge is 2.12. The summed E-state index contributed by atoms with van der Waals surface area (Å²) in [5.41, 5.74) is 7.20. The van der Waals surface area contributed by atoms with E-state index in [9.17, 15) is 0 Å². The number of rotatable bonds is 2. The van der Waals surface area contributed by atoms with Crippen molar-refractivity contribution in [3.05, 3.63) is 59.7 Å². The zero-order valence-electron chi connectivity index (χ0n) is 13.2. The minimum atomic E-state index is 0.624. The van der Waals surface area contributed by atoms with E-state index in [1.165, 1.54) is 11.1 Å². The standard InChI is InChI=1S/C18H16N4O/c1-11-4-5-14(8-16(11)22-9-19-20-10-22)18-21-15-6-12(2)13(3)7-17(15)23-18/h4-10H,1-3H3. The summed E-state index contributed by atoms with van der Waals surface area (Å²) in [4.78, 5) is 4.63. The summed E-state index contributed by atoms with van der Waals surface area (Å²) in [6.07, 6.45) is 3.37. The lowest BCUT2D eigenvalue weighted by atomic mass is 10.1. The molecule has 0 unspecified atom stereocenters. The Balaban J connectivity index is 1.86.